The van der Waals surface area contributed by atoms with E-state index >= 15 is 0 Å². The summed E-state index contributed by atoms with van der Waals surface area (Å²) in [6.45, 7) is 2.34. The molecule has 3 aromatic carbocycles. The van der Waals surface area contributed by atoms with E-state index in [1.54, 1.807) is 39.3 Å². The summed E-state index contributed by atoms with van der Waals surface area (Å²) >= 11 is 6.63. The number of benzene rings is 3. The highest BCUT2D eigenvalue weighted by Crippen LogP contribution is 2.57. The van der Waals surface area contributed by atoms with Crippen molar-refractivity contribution in [3.8, 4) is 5.75 Å². The van der Waals surface area contributed by atoms with Gasteiger partial charge in [-0.1, -0.05) is 47.1 Å². The molecular formula is C27H29ClN4O5S. The van der Waals surface area contributed by atoms with Gasteiger partial charge < -0.3 is 9.47 Å². The fourth-order valence-electron chi connectivity index (χ4n) is 4.79. The van der Waals surface area contributed by atoms with Gasteiger partial charge in [-0.05, 0) is 53.9 Å². The Bertz CT molecular complexity index is 1490. The molecule has 1 aromatic heterocycles. The number of rotatable bonds is 6. The number of carbonyl (C=O) groups is 1. The van der Waals surface area contributed by atoms with Gasteiger partial charge in [0.05, 0.1) is 25.6 Å². The summed E-state index contributed by atoms with van der Waals surface area (Å²) in [6.07, 6.45) is -0.168. The highest BCUT2D eigenvalue weighted by Gasteiger charge is 2.34. The highest BCUT2D eigenvalue weighted by atomic mass is 35.5. The third-order valence-corrected chi connectivity index (χ3v) is 9.04. The highest BCUT2D eigenvalue weighted by molar-refractivity contribution is 8.22. The quantitative estimate of drug-likeness (QED) is 0.294. The fraction of sp³-hybridized carbons (Fsp3) is 0.296. The van der Waals surface area contributed by atoms with Gasteiger partial charge in [0, 0.05) is 24.5 Å². The largest absolute Gasteiger partial charge is 0.487 e. The van der Waals surface area contributed by atoms with E-state index < -0.39 is 10.8 Å². The van der Waals surface area contributed by atoms with Crippen LogP contribution in [0.25, 0.3) is 11.0 Å². The summed E-state index contributed by atoms with van der Waals surface area (Å²) in [5.74, 6) is -0.229. The summed E-state index contributed by atoms with van der Waals surface area (Å²) < 4.78 is 36.9. The molecule has 0 spiro atoms. The predicted octanol–water partition coefficient (Wildman–Crippen LogP) is 5.62. The van der Waals surface area contributed by atoms with Crippen molar-refractivity contribution in [3.63, 3.8) is 0 Å². The molecule has 1 aliphatic heterocycles. The molecule has 1 unspecified atom stereocenters. The molecular weight excluding hydrogens is 528 g/mol. The minimum Gasteiger partial charge on any atom is -0.487 e. The number of esters is 1. The number of ether oxygens (including phenoxy) is 2. The second-order valence-corrected chi connectivity index (χ2v) is 11.8. The lowest BCUT2D eigenvalue weighted by atomic mass is 9.87. The second kappa shape index (κ2) is 10.5. The number of para-hydroxylation sites is 1. The molecule has 11 heteroatoms. The van der Waals surface area contributed by atoms with Crippen LogP contribution in [0, 0.1) is 0 Å². The van der Waals surface area contributed by atoms with E-state index in [1.807, 2.05) is 44.3 Å². The number of halogens is 1. The zero-order valence-electron chi connectivity index (χ0n) is 21.2. The molecule has 4 aromatic rings. The zero-order chi connectivity index (χ0) is 27.0. The van der Waals surface area contributed by atoms with Crippen molar-refractivity contribution in [2.24, 2.45) is 7.05 Å². The van der Waals surface area contributed by atoms with Gasteiger partial charge in [-0.25, -0.2) is 4.68 Å². The SMILES string of the molecule is COC(=O)CC(c1ccc(Cl)c(CN2C[C@@H](C)Oc3ccccc3S2(O)O)c1)c1ccc2c(c1)nnn2C. The number of methoxy groups -OCH3 is 1. The Kier molecular flexibility index (Phi) is 7.34. The molecule has 2 heterocycles. The summed E-state index contributed by atoms with van der Waals surface area (Å²) in [6, 6.07) is 18.3. The van der Waals surface area contributed by atoms with Crippen molar-refractivity contribution >= 4 is 39.4 Å². The second-order valence-electron chi connectivity index (χ2n) is 9.36. The average molecular weight is 557 g/mol. The molecule has 5 rings (SSSR count). The molecule has 0 saturated carbocycles. The number of carbonyl (C=O) groups excluding carboxylic acids is 1. The number of hydrogen-bond acceptors (Lipinski definition) is 8. The van der Waals surface area contributed by atoms with Crippen molar-refractivity contribution in [2.75, 3.05) is 13.7 Å². The third kappa shape index (κ3) is 5.10. The maximum Gasteiger partial charge on any atom is 0.306 e. The first-order valence-corrected chi connectivity index (χ1v) is 14.0. The monoisotopic (exact) mass is 556 g/mol. The van der Waals surface area contributed by atoms with Crippen LogP contribution in [0.2, 0.25) is 5.02 Å². The molecule has 9 nitrogen and oxygen atoms in total. The van der Waals surface area contributed by atoms with Gasteiger partial charge in [0.1, 0.15) is 22.3 Å². The molecule has 2 atom stereocenters. The van der Waals surface area contributed by atoms with Crippen molar-refractivity contribution in [2.45, 2.75) is 36.8 Å². The van der Waals surface area contributed by atoms with E-state index in [-0.39, 0.29) is 37.5 Å². The van der Waals surface area contributed by atoms with Gasteiger partial charge in [0.15, 0.2) is 0 Å². The third-order valence-electron chi connectivity index (χ3n) is 6.75. The van der Waals surface area contributed by atoms with Crippen LogP contribution >= 0.6 is 22.4 Å². The van der Waals surface area contributed by atoms with Crippen LogP contribution in [-0.2, 0) is 23.1 Å². The number of aromatic nitrogens is 3. The Morgan fingerprint density at radius 2 is 1.92 bits per heavy atom. The summed E-state index contributed by atoms with van der Waals surface area (Å²) in [5.41, 5.74) is 4.03. The van der Waals surface area contributed by atoms with E-state index in [0.717, 1.165) is 22.2 Å². The first-order chi connectivity index (χ1) is 18.2. The predicted molar refractivity (Wildman–Crippen MR) is 146 cm³/mol. The minimum atomic E-state index is -3.34. The fourth-order valence-corrected chi connectivity index (χ4v) is 6.63. The number of nitrogens with zero attached hydrogens (tertiary/aromatic N) is 4. The minimum absolute atomic E-state index is 0.112. The number of fused-ring (bicyclic) bond motifs is 2. The maximum absolute atomic E-state index is 12.4. The van der Waals surface area contributed by atoms with Gasteiger partial charge in [0.2, 0.25) is 0 Å². The summed E-state index contributed by atoms with van der Waals surface area (Å²) in [5, 5.41) is 8.78. The zero-order valence-corrected chi connectivity index (χ0v) is 22.8. The van der Waals surface area contributed by atoms with Crippen LogP contribution in [-0.4, -0.2) is 54.1 Å². The van der Waals surface area contributed by atoms with Gasteiger partial charge in [-0.15, -0.1) is 15.9 Å². The standard InChI is InChI=1S/C27H29ClN4O5S/c1-17-15-32(38(34,35)26-7-5-4-6-25(26)37-17)16-20-12-18(8-10-22(20)28)21(14-27(33)36-3)19-9-11-24-23(13-19)29-30-31(24)2/h4-13,17,21,34-35H,14-16H2,1-3H3/t17-,21?/m1/s1. The first kappa shape index (κ1) is 26.5. The van der Waals surface area contributed by atoms with Crippen molar-refractivity contribution in [1.82, 2.24) is 19.3 Å². The Morgan fingerprint density at radius 3 is 2.71 bits per heavy atom. The van der Waals surface area contributed by atoms with Crippen LogP contribution in [0.15, 0.2) is 65.6 Å². The van der Waals surface area contributed by atoms with Crippen molar-refractivity contribution < 1.29 is 23.4 Å². The molecule has 0 radical (unpaired) electrons. The van der Waals surface area contributed by atoms with Crippen LogP contribution in [0.4, 0.5) is 0 Å². The lowest BCUT2D eigenvalue weighted by Gasteiger charge is -2.41. The van der Waals surface area contributed by atoms with Crippen LogP contribution < -0.4 is 4.74 Å². The molecule has 1 aliphatic rings. The summed E-state index contributed by atoms with van der Waals surface area (Å²) in [4.78, 5) is 12.8. The molecule has 0 bridgehead atoms. The van der Waals surface area contributed by atoms with Gasteiger partial charge in [-0.2, -0.15) is 4.31 Å². The number of aryl methyl sites for hydroxylation is 1. The van der Waals surface area contributed by atoms with Crippen molar-refractivity contribution in [3.05, 3.63) is 82.4 Å². The van der Waals surface area contributed by atoms with Gasteiger partial charge in [-0.3, -0.25) is 13.9 Å². The smallest absolute Gasteiger partial charge is 0.306 e. The lowest BCUT2D eigenvalue weighted by molar-refractivity contribution is -0.140. The van der Waals surface area contributed by atoms with Gasteiger partial charge >= 0.3 is 5.97 Å². The normalized spacial score (nSPS) is 18.7. The Labute approximate surface area is 227 Å². The molecule has 38 heavy (non-hydrogen) atoms. The number of hydrogen-bond donors (Lipinski definition) is 2. The van der Waals surface area contributed by atoms with Crippen LogP contribution in [0.5, 0.6) is 5.75 Å². The Morgan fingerprint density at radius 1 is 1.18 bits per heavy atom. The Balaban J connectivity index is 1.52. The van der Waals surface area contributed by atoms with E-state index in [4.69, 9.17) is 21.1 Å². The van der Waals surface area contributed by atoms with Crippen LogP contribution in [0.3, 0.4) is 0 Å². The van der Waals surface area contributed by atoms with Gasteiger partial charge in [0.25, 0.3) is 0 Å². The topological polar surface area (TPSA) is 110 Å². The van der Waals surface area contributed by atoms with Crippen molar-refractivity contribution in [1.29, 1.82) is 0 Å². The average Bonchev–Trinajstić information content (AvgIpc) is 3.23. The van der Waals surface area contributed by atoms with E-state index in [9.17, 15) is 13.9 Å². The summed E-state index contributed by atoms with van der Waals surface area (Å²) in [7, 11) is -0.151. The molecule has 2 N–H and O–H groups in total. The molecule has 0 aliphatic carbocycles. The first-order valence-electron chi connectivity index (χ1n) is 12.1. The lowest BCUT2D eigenvalue weighted by Crippen LogP contribution is -2.33. The van der Waals surface area contributed by atoms with E-state index in [1.165, 1.54) is 7.11 Å². The van der Waals surface area contributed by atoms with E-state index in [2.05, 4.69) is 10.3 Å². The molecule has 0 saturated heterocycles. The Hall–Kier alpha value is -3.15. The maximum atomic E-state index is 12.4. The molecule has 0 amide bonds. The van der Waals surface area contributed by atoms with E-state index in [0.29, 0.717) is 21.2 Å². The van der Waals surface area contributed by atoms with Crippen LogP contribution in [0.1, 0.15) is 36.0 Å². The molecule has 0 fully saturated rings. The molecule has 200 valence electrons.